The monoisotopic (exact) mass is 283 g/mol. The van der Waals surface area contributed by atoms with Gasteiger partial charge in [0.2, 0.25) is 0 Å². The van der Waals surface area contributed by atoms with Gasteiger partial charge in [-0.1, -0.05) is 19.1 Å². The number of hydrogen-bond acceptors (Lipinski definition) is 5. The molecule has 0 saturated heterocycles. The van der Waals surface area contributed by atoms with Crippen LogP contribution in [0.1, 0.15) is 12.5 Å². The van der Waals surface area contributed by atoms with Crippen LogP contribution in [0.3, 0.4) is 0 Å². The molecule has 1 aromatic carbocycles. The Labute approximate surface area is 120 Å². The van der Waals surface area contributed by atoms with Crippen LogP contribution >= 0.6 is 0 Å². The van der Waals surface area contributed by atoms with Crippen LogP contribution in [0.15, 0.2) is 24.3 Å². The minimum Gasteiger partial charge on any atom is -0.491 e. The molecule has 114 valence electrons. The van der Waals surface area contributed by atoms with Gasteiger partial charge in [-0.3, -0.25) is 0 Å². The Kier molecular flexibility index (Phi) is 8.22. The number of aliphatic hydroxyl groups excluding tert-OH is 2. The third-order valence-corrected chi connectivity index (χ3v) is 2.89. The van der Waals surface area contributed by atoms with Crippen molar-refractivity contribution in [2.24, 2.45) is 0 Å². The van der Waals surface area contributed by atoms with Crippen LogP contribution in [-0.2, 0) is 11.2 Å². The molecule has 20 heavy (non-hydrogen) atoms. The summed E-state index contributed by atoms with van der Waals surface area (Å²) in [5.74, 6) is 0.751. The molecule has 0 heterocycles. The molecule has 0 aliphatic carbocycles. The van der Waals surface area contributed by atoms with Gasteiger partial charge in [0.15, 0.2) is 0 Å². The van der Waals surface area contributed by atoms with E-state index in [0.717, 1.165) is 12.2 Å². The highest BCUT2D eigenvalue weighted by Gasteiger charge is 2.07. The molecule has 0 radical (unpaired) electrons. The van der Waals surface area contributed by atoms with E-state index < -0.39 is 12.2 Å². The minimum absolute atomic E-state index is 0.221. The second-order valence-electron chi connectivity index (χ2n) is 4.73. The van der Waals surface area contributed by atoms with Crippen molar-refractivity contribution in [3.8, 4) is 5.75 Å². The van der Waals surface area contributed by atoms with E-state index in [-0.39, 0.29) is 13.2 Å². The number of ether oxygens (including phenoxy) is 2. The molecular formula is C15H25NO4. The molecule has 5 heteroatoms. The summed E-state index contributed by atoms with van der Waals surface area (Å²) in [5.41, 5.74) is 1.26. The largest absolute Gasteiger partial charge is 0.491 e. The lowest BCUT2D eigenvalue weighted by atomic mass is 10.2. The molecule has 1 rings (SSSR count). The van der Waals surface area contributed by atoms with Crippen LogP contribution in [-0.4, -0.2) is 55.8 Å². The standard InChI is InChI=1S/C15H25NO4/c1-3-12-4-6-15(7-5-12)20-11-14(18)9-16-8-13(17)10-19-2/h4-7,13-14,16-18H,3,8-11H2,1-2H3. The van der Waals surface area contributed by atoms with Crippen molar-refractivity contribution >= 4 is 0 Å². The van der Waals surface area contributed by atoms with Gasteiger partial charge in [0.1, 0.15) is 18.5 Å². The van der Waals surface area contributed by atoms with Crippen molar-refractivity contribution in [1.29, 1.82) is 0 Å². The van der Waals surface area contributed by atoms with Gasteiger partial charge in [0, 0.05) is 20.2 Å². The van der Waals surface area contributed by atoms with Crippen LogP contribution in [0.5, 0.6) is 5.75 Å². The fraction of sp³-hybridized carbons (Fsp3) is 0.600. The normalized spacial score (nSPS) is 14.0. The van der Waals surface area contributed by atoms with Crippen molar-refractivity contribution < 1.29 is 19.7 Å². The van der Waals surface area contributed by atoms with Crippen LogP contribution in [0, 0.1) is 0 Å². The first-order valence-electron chi connectivity index (χ1n) is 6.93. The molecule has 2 unspecified atom stereocenters. The molecular weight excluding hydrogens is 258 g/mol. The molecule has 3 N–H and O–H groups in total. The Morgan fingerprint density at radius 1 is 1.05 bits per heavy atom. The molecule has 5 nitrogen and oxygen atoms in total. The van der Waals surface area contributed by atoms with Crippen LogP contribution < -0.4 is 10.1 Å². The fourth-order valence-electron chi connectivity index (χ4n) is 1.74. The summed E-state index contributed by atoms with van der Waals surface area (Å²) in [6, 6.07) is 7.84. The Morgan fingerprint density at radius 3 is 2.20 bits per heavy atom. The van der Waals surface area contributed by atoms with Gasteiger partial charge in [-0.05, 0) is 24.1 Å². The smallest absolute Gasteiger partial charge is 0.119 e. The van der Waals surface area contributed by atoms with Crippen molar-refractivity contribution in [2.75, 3.05) is 33.4 Å². The number of aryl methyl sites for hydroxylation is 1. The first kappa shape index (κ1) is 16.9. The number of nitrogens with one attached hydrogen (secondary N) is 1. The van der Waals surface area contributed by atoms with E-state index in [1.807, 2.05) is 24.3 Å². The average Bonchev–Trinajstić information content (AvgIpc) is 2.46. The summed E-state index contributed by atoms with van der Waals surface area (Å²) in [7, 11) is 1.54. The lowest BCUT2D eigenvalue weighted by Crippen LogP contribution is -2.37. The van der Waals surface area contributed by atoms with E-state index in [1.165, 1.54) is 12.7 Å². The molecule has 0 fully saturated rings. The van der Waals surface area contributed by atoms with Crippen LogP contribution in [0.25, 0.3) is 0 Å². The molecule has 0 saturated carbocycles. The highest BCUT2D eigenvalue weighted by Crippen LogP contribution is 2.12. The topological polar surface area (TPSA) is 71.0 Å². The SMILES string of the molecule is CCc1ccc(OCC(O)CNCC(O)COC)cc1. The average molecular weight is 283 g/mol. The molecule has 0 aliphatic rings. The Bertz CT molecular complexity index is 355. The number of methoxy groups -OCH3 is 1. The van der Waals surface area contributed by atoms with E-state index in [1.54, 1.807) is 0 Å². The maximum absolute atomic E-state index is 9.75. The molecule has 0 amide bonds. The first-order valence-corrected chi connectivity index (χ1v) is 6.93. The highest BCUT2D eigenvalue weighted by molar-refractivity contribution is 5.27. The number of benzene rings is 1. The van der Waals surface area contributed by atoms with E-state index >= 15 is 0 Å². The second-order valence-corrected chi connectivity index (χ2v) is 4.73. The summed E-state index contributed by atoms with van der Waals surface area (Å²) in [5, 5.41) is 22.1. The van der Waals surface area contributed by atoms with Gasteiger partial charge in [-0.25, -0.2) is 0 Å². The summed E-state index contributed by atoms with van der Waals surface area (Å²) < 4.78 is 10.3. The number of aliphatic hydroxyl groups is 2. The van der Waals surface area contributed by atoms with Crippen molar-refractivity contribution in [1.82, 2.24) is 5.32 Å². The number of rotatable bonds is 10. The molecule has 1 aromatic rings. The van der Waals surface area contributed by atoms with E-state index in [4.69, 9.17) is 9.47 Å². The Balaban J connectivity index is 2.17. The van der Waals surface area contributed by atoms with Gasteiger partial charge in [-0.15, -0.1) is 0 Å². The van der Waals surface area contributed by atoms with Crippen LogP contribution in [0.2, 0.25) is 0 Å². The van der Waals surface area contributed by atoms with Crippen LogP contribution in [0.4, 0.5) is 0 Å². The zero-order chi connectivity index (χ0) is 14.8. The lowest BCUT2D eigenvalue weighted by molar-refractivity contribution is 0.0582. The van der Waals surface area contributed by atoms with E-state index in [0.29, 0.717) is 13.1 Å². The summed E-state index contributed by atoms with van der Waals surface area (Å²) in [6.45, 7) is 3.36. The quantitative estimate of drug-likeness (QED) is 0.586. The van der Waals surface area contributed by atoms with Crippen molar-refractivity contribution in [2.45, 2.75) is 25.6 Å². The fourth-order valence-corrected chi connectivity index (χ4v) is 1.74. The van der Waals surface area contributed by atoms with Crippen molar-refractivity contribution in [3.05, 3.63) is 29.8 Å². The molecule has 2 atom stereocenters. The Hall–Kier alpha value is -1.14. The maximum Gasteiger partial charge on any atom is 0.119 e. The second kappa shape index (κ2) is 9.72. The van der Waals surface area contributed by atoms with E-state index in [9.17, 15) is 10.2 Å². The minimum atomic E-state index is -0.615. The zero-order valence-corrected chi connectivity index (χ0v) is 12.2. The third-order valence-electron chi connectivity index (χ3n) is 2.89. The third kappa shape index (κ3) is 6.86. The molecule has 0 bridgehead atoms. The van der Waals surface area contributed by atoms with Gasteiger partial charge < -0.3 is 25.0 Å². The lowest BCUT2D eigenvalue weighted by Gasteiger charge is -2.15. The maximum atomic E-state index is 9.75. The van der Waals surface area contributed by atoms with E-state index in [2.05, 4.69) is 12.2 Å². The predicted octanol–water partition coefficient (Wildman–Crippen LogP) is 0.586. The van der Waals surface area contributed by atoms with Gasteiger partial charge in [0.25, 0.3) is 0 Å². The molecule has 0 aromatic heterocycles. The predicted molar refractivity (Wildman–Crippen MR) is 78.1 cm³/mol. The zero-order valence-electron chi connectivity index (χ0n) is 12.2. The Morgan fingerprint density at radius 2 is 1.65 bits per heavy atom. The molecule has 0 spiro atoms. The van der Waals surface area contributed by atoms with Gasteiger partial charge in [0.05, 0.1) is 12.7 Å². The summed E-state index contributed by atoms with van der Waals surface area (Å²) in [4.78, 5) is 0. The van der Waals surface area contributed by atoms with Gasteiger partial charge >= 0.3 is 0 Å². The van der Waals surface area contributed by atoms with Crippen molar-refractivity contribution in [3.63, 3.8) is 0 Å². The summed E-state index contributed by atoms with van der Waals surface area (Å²) >= 11 is 0. The number of hydrogen-bond donors (Lipinski definition) is 3. The van der Waals surface area contributed by atoms with Gasteiger partial charge in [-0.2, -0.15) is 0 Å². The first-order chi connectivity index (χ1) is 9.65. The molecule has 0 aliphatic heterocycles. The summed E-state index contributed by atoms with van der Waals surface area (Å²) in [6.07, 6.45) is -0.179. The highest BCUT2D eigenvalue weighted by atomic mass is 16.5.